The topological polar surface area (TPSA) is 63.6 Å². The van der Waals surface area contributed by atoms with Crippen molar-refractivity contribution in [3.8, 4) is 0 Å². The van der Waals surface area contributed by atoms with Gasteiger partial charge in [-0.2, -0.15) is 0 Å². The van der Waals surface area contributed by atoms with Gasteiger partial charge >= 0.3 is 11.9 Å². The summed E-state index contributed by atoms with van der Waals surface area (Å²) in [6.07, 6.45) is 7.47. The standard InChI is InChI=1S/C10H20O2.C7H12O2/c1-3-5-6-7-8-9(4-2)10(11)12;1-5-6(8)9-7(2,3)4/h9H,3-8H2,1-2H3,(H,11,12);5H,1H2,2-4H3. The van der Waals surface area contributed by atoms with Crippen LogP contribution in [-0.2, 0) is 14.3 Å². The van der Waals surface area contributed by atoms with Crippen molar-refractivity contribution in [1.82, 2.24) is 0 Å². The van der Waals surface area contributed by atoms with Gasteiger partial charge in [0.05, 0.1) is 5.92 Å². The summed E-state index contributed by atoms with van der Waals surface area (Å²) in [5.74, 6) is -1.11. The number of ether oxygens (including phenoxy) is 1. The van der Waals surface area contributed by atoms with Crippen molar-refractivity contribution in [1.29, 1.82) is 0 Å². The highest BCUT2D eigenvalue weighted by atomic mass is 16.6. The molecule has 0 bridgehead atoms. The van der Waals surface area contributed by atoms with Gasteiger partial charge in [0, 0.05) is 6.08 Å². The lowest BCUT2D eigenvalue weighted by atomic mass is 9.99. The summed E-state index contributed by atoms with van der Waals surface area (Å²) in [6.45, 7) is 12.8. The molecule has 1 unspecified atom stereocenters. The molecule has 0 saturated heterocycles. The molecule has 0 heterocycles. The molecule has 0 rings (SSSR count). The minimum absolute atomic E-state index is 0.109. The van der Waals surface area contributed by atoms with Gasteiger partial charge in [0.15, 0.2) is 0 Å². The van der Waals surface area contributed by atoms with E-state index in [9.17, 15) is 9.59 Å². The molecular formula is C17H32O4. The third-order valence-corrected chi connectivity index (χ3v) is 2.82. The zero-order chi connectivity index (χ0) is 16.9. The average molecular weight is 300 g/mol. The van der Waals surface area contributed by atoms with Gasteiger partial charge in [-0.1, -0.05) is 46.1 Å². The molecule has 0 saturated carbocycles. The monoisotopic (exact) mass is 300 g/mol. The number of esters is 1. The third kappa shape index (κ3) is 16.6. The lowest BCUT2D eigenvalue weighted by molar-refractivity contribution is -0.148. The summed E-state index contributed by atoms with van der Waals surface area (Å²) >= 11 is 0. The molecule has 0 spiro atoms. The smallest absolute Gasteiger partial charge is 0.330 e. The maximum absolute atomic E-state index is 10.6. The van der Waals surface area contributed by atoms with Gasteiger partial charge in [0.2, 0.25) is 0 Å². The van der Waals surface area contributed by atoms with Crippen LogP contribution in [0.1, 0.15) is 73.1 Å². The lowest BCUT2D eigenvalue weighted by Crippen LogP contribution is -2.22. The number of aliphatic carboxylic acids is 1. The fourth-order valence-corrected chi connectivity index (χ4v) is 1.66. The molecule has 4 heteroatoms. The van der Waals surface area contributed by atoms with E-state index in [2.05, 4.69) is 13.5 Å². The molecule has 0 aromatic heterocycles. The molecule has 4 nitrogen and oxygen atoms in total. The van der Waals surface area contributed by atoms with E-state index < -0.39 is 11.6 Å². The Morgan fingerprint density at radius 1 is 1.19 bits per heavy atom. The number of hydrogen-bond acceptors (Lipinski definition) is 3. The Balaban J connectivity index is 0. The predicted octanol–water partition coefficient (Wildman–Crippen LogP) is 4.58. The SMILES string of the molecule is C=CC(=O)OC(C)(C)C.CCCCCCC(CC)C(=O)O. The molecule has 0 aromatic rings. The molecule has 1 N–H and O–H groups in total. The fraction of sp³-hybridized carbons (Fsp3) is 0.765. The highest BCUT2D eigenvalue weighted by Crippen LogP contribution is 2.14. The Morgan fingerprint density at radius 2 is 1.76 bits per heavy atom. The van der Waals surface area contributed by atoms with Crippen LogP contribution < -0.4 is 0 Å². The second-order valence-electron chi connectivity index (χ2n) is 6.03. The Labute approximate surface area is 129 Å². The molecule has 0 aliphatic heterocycles. The number of carbonyl (C=O) groups excluding carboxylic acids is 1. The van der Waals surface area contributed by atoms with Crippen molar-refractivity contribution in [3.63, 3.8) is 0 Å². The zero-order valence-corrected chi connectivity index (χ0v) is 14.3. The van der Waals surface area contributed by atoms with Gasteiger partial charge in [0.25, 0.3) is 0 Å². The molecule has 1 atom stereocenters. The minimum atomic E-state index is -0.631. The Hall–Kier alpha value is -1.32. The van der Waals surface area contributed by atoms with E-state index in [1.54, 1.807) is 0 Å². The summed E-state index contributed by atoms with van der Waals surface area (Å²) in [5, 5.41) is 8.73. The number of unbranched alkanes of at least 4 members (excludes halogenated alkanes) is 3. The molecule has 0 radical (unpaired) electrons. The maximum atomic E-state index is 10.6. The van der Waals surface area contributed by atoms with Crippen molar-refractivity contribution >= 4 is 11.9 Å². The highest BCUT2D eigenvalue weighted by Gasteiger charge is 2.13. The van der Waals surface area contributed by atoms with Gasteiger partial charge < -0.3 is 9.84 Å². The van der Waals surface area contributed by atoms with Gasteiger partial charge in [-0.05, 0) is 33.6 Å². The molecule has 124 valence electrons. The minimum Gasteiger partial charge on any atom is -0.481 e. The van der Waals surface area contributed by atoms with Crippen molar-refractivity contribution < 1.29 is 19.4 Å². The molecule has 0 aliphatic rings. The molecule has 0 fully saturated rings. The van der Waals surface area contributed by atoms with E-state index in [-0.39, 0.29) is 11.9 Å². The van der Waals surface area contributed by atoms with Gasteiger partial charge in [-0.3, -0.25) is 4.79 Å². The third-order valence-electron chi connectivity index (χ3n) is 2.82. The normalized spacial score (nSPS) is 11.9. The van der Waals surface area contributed by atoms with Gasteiger partial charge in [-0.15, -0.1) is 0 Å². The predicted molar refractivity (Wildman–Crippen MR) is 86.2 cm³/mol. The molecule has 0 aliphatic carbocycles. The molecule has 21 heavy (non-hydrogen) atoms. The largest absolute Gasteiger partial charge is 0.481 e. The van der Waals surface area contributed by atoms with E-state index in [1.165, 1.54) is 19.3 Å². The van der Waals surface area contributed by atoms with Gasteiger partial charge in [-0.25, -0.2) is 4.79 Å². The summed E-state index contributed by atoms with van der Waals surface area (Å²) in [7, 11) is 0. The summed E-state index contributed by atoms with van der Waals surface area (Å²) < 4.78 is 4.83. The van der Waals surface area contributed by atoms with Crippen LogP contribution in [-0.4, -0.2) is 22.6 Å². The van der Waals surface area contributed by atoms with Crippen LogP contribution in [0.15, 0.2) is 12.7 Å². The van der Waals surface area contributed by atoms with Crippen molar-refractivity contribution in [2.45, 2.75) is 78.7 Å². The number of carboxylic acid groups (broad SMARTS) is 1. The highest BCUT2D eigenvalue weighted by molar-refractivity contribution is 5.81. The van der Waals surface area contributed by atoms with Crippen LogP contribution in [0, 0.1) is 5.92 Å². The average Bonchev–Trinajstić information content (AvgIpc) is 2.37. The second kappa shape index (κ2) is 12.4. The molecular weight excluding hydrogens is 268 g/mol. The van der Waals surface area contributed by atoms with E-state index in [0.29, 0.717) is 0 Å². The Kier molecular flexibility index (Phi) is 13.0. The fourth-order valence-electron chi connectivity index (χ4n) is 1.66. The van der Waals surface area contributed by atoms with Crippen LogP contribution in [0.5, 0.6) is 0 Å². The molecule has 0 amide bonds. The molecule has 0 aromatic carbocycles. The van der Waals surface area contributed by atoms with Crippen LogP contribution in [0.4, 0.5) is 0 Å². The van der Waals surface area contributed by atoms with E-state index in [4.69, 9.17) is 9.84 Å². The first kappa shape index (κ1) is 22.0. The van der Waals surface area contributed by atoms with Crippen LogP contribution in [0.25, 0.3) is 0 Å². The first-order valence-electron chi connectivity index (χ1n) is 7.76. The first-order valence-corrected chi connectivity index (χ1v) is 7.76. The number of carbonyl (C=O) groups is 2. The number of carboxylic acids is 1. The van der Waals surface area contributed by atoms with Crippen molar-refractivity contribution in [3.05, 3.63) is 12.7 Å². The van der Waals surface area contributed by atoms with Crippen LogP contribution >= 0.6 is 0 Å². The first-order chi connectivity index (χ1) is 9.67. The maximum Gasteiger partial charge on any atom is 0.330 e. The van der Waals surface area contributed by atoms with Crippen molar-refractivity contribution in [2.75, 3.05) is 0 Å². The second-order valence-corrected chi connectivity index (χ2v) is 6.03. The lowest BCUT2D eigenvalue weighted by Gasteiger charge is -2.17. The van der Waals surface area contributed by atoms with Crippen LogP contribution in [0.2, 0.25) is 0 Å². The van der Waals surface area contributed by atoms with E-state index in [1.807, 2.05) is 27.7 Å². The van der Waals surface area contributed by atoms with Crippen molar-refractivity contribution in [2.24, 2.45) is 5.92 Å². The van der Waals surface area contributed by atoms with E-state index >= 15 is 0 Å². The zero-order valence-electron chi connectivity index (χ0n) is 14.3. The van der Waals surface area contributed by atoms with E-state index in [0.717, 1.165) is 25.3 Å². The Bertz CT molecular complexity index is 302. The summed E-state index contributed by atoms with van der Waals surface area (Å²) in [6, 6.07) is 0. The van der Waals surface area contributed by atoms with Crippen LogP contribution in [0.3, 0.4) is 0 Å². The quantitative estimate of drug-likeness (QED) is 0.405. The van der Waals surface area contributed by atoms with Gasteiger partial charge in [0.1, 0.15) is 5.60 Å². The number of hydrogen-bond donors (Lipinski definition) is 1. The Morgan fingerprint density at radius 3 is 2.05 bits per heavy atom. The summed E-state index contributed by atoms with van der Waals surface area (Å²) in [4.78, 5) is 21.1. The summed E-state index contributed by atoms with van der Waals surface area (Å²) in [5.41, 5.74) is -0.398. The number of rotatable bonds is 8.